The molecule has 0 amide bonds. The third-order valence-corrected chi connectivity index (χ3v) is 1.90. The van der Waals surface area contributed by atoms with Crippen molar-refractivity contribution < 1.29 is 9.90 Å². The molecule has 13 heavy (non-hydrogen) atoms. The van der Waals surface area contributed by atoms with Crippen molar-refractivity contribution in [1.82, 2.24) is 9.55 Å². The molecular formula is C9H7N2O2. The quantitative estimate of drug-likeness (QED) is 0.705. The topological polar surface area (TPSA) is 55.1 Å². The number of hydrogen-bond donors (Lipinski definition) is 1. The Labute approximate surface area is 74.4 Å². The van der Waals surface area contributed by atoms with E-state index in [1.54, 1.807) is 16.7 Å². The Kier molecular flexibility index (Phi) is 1.55. The van der Waals surface area contributed by atoms with Gasteiger partial charge in [-0.2, -0.15) is 0 Å². The molecule has 0 aliphatic carbocycles. The molecular weight excluding hydrogens is 168 g/mol. The number of aryl methyl sites for hydroxylation is 1. The number of aromatic nitrogens is 2. The first-order valence-electron chi connectivity index (χ1n) is 3.76. The molecule has 65 valence electrons. The van der Waals surface area contributed by atoms with Crippen LogP contribution in [0.5, 0.6) is 0 Å². The van der Waals surface area contributed by atoms with Crippen LogP contribution < -0.4 is 0 Å². The standard InChI is InChI=1S/C9H7N2O2/c1-11-5-10-7-4-6(9(12)13)2-3-8(7)11/h2-4H,1H3,(H,12,13). The van der Waals surface area contributed by atoms with E-state index in [0.717, 1.165) is 5.52 Å². The predicted molar refractivity (Wildman–Crippen MR) is 46.5 cm³/mol. The summed E-state index contributed by atoms with van der Waals surface area (Å²) in [5.41, 5.74) is 1.78. The lowest BCUT2D eigenvalue weighted by molar-refractivity contribution is 0.0697. The average molecular weight is 175 g/mol. The summed E-state index contributed by atoms with van der Waals surface area (Å²) < 4.78 is 1.72. The van der Waals surface area contributed by atoms with Gasteiger partial charge in [-0.25, -0.2) is 9.78 Å². The molecule has 1 N–H and O–H groups in total. The number of carboxylic acid groups (broad SMARTS) is 1. The monoisotopic (exact) mass is 175 g/mol. The minimum absolute atomic E-state index is 0.250. The van der Waals surface area contributed by atoms with Gasteiger partial charge in [-0.1, -0.05) is 0 Å². The van der Waals surface area contributed by atoms with Gasteiger partial charge < -0.3 is 9.67 Å². The first-order chi connectivity index (χ1) is 6.18. The van der Waals surface area contributed by atoms with Crippen LogP contribution in [0.25, 0.3) is 11.0 Å². The fourth-order valence-corrected chi connectivity index (χ4v) is 1.21. The van der Waals surface area contributed by atoms with Crippen LogP contribution in [0.2, 0.25) is 0 Å². The lowest BCUT2D eigenvalue weighted by Gasteiger charge is -1.95. The van der Waals surface area contributed by atoms with Crippen molar-refractivity contribution in [2.24, 2.45) is 7.05 Å². The van der Waals surface area contributed by atoms with Gasteiger partial charge in [-0.05, 0) is 18.2 Å². The first kappa shape index (κ1) is 7.79. The van der Waals surface area contributed by atoms with E-state index in [0.29, 0.717) is 5.52 Å². The summed E-state index contributed by atoms with van der Waals surface area (Å²) in [5.74, 6) is -0.937. The van der Waals surface area contributed by atoms with E-state index >= 15 is 0 Å². The Morgan fingerprint density at radius 1 is 1.62 bits per heavy atom. The summed E-state index contributed by atoms with van der Waals surface area (Å²) in [4.78, 5) is 14.5. The van der Waals surface area contributed by atoms with Crippen LogP contribution >= 0.6 is 0 Å². The second-order valence-electron chi connectivity index (χ2n) is 2.78. The van der Waals surface area contributed by atoms with Gasteiger partial charge in [0, 0.05) is 7.05 Å². The molecule has 0 fully saturated rings. The highest BCUT2D eigenvalue weighted by atomic mass is 16.4. The van der Waals surface area contributed by atoms with Crippen LogP contribution in [0.15, 0.2) is 18.2 Å². The van der Waals surface area contributed by atoms with Gasteiger partial charge in [0.25, 0.3) is 0 Å². The summed E-state index contributed by atoms with van der Waals surface area (Å²) in [6.07, 6.45) is 2.72. The molecule has 2 rings (SSSR count). The van der Waals surface area contributed by atoms with E-state index in [1.165, 1.54) is 6.07 Å². The zero-order chi connectivity index (χ0) is 9.42. The molecule has 1 heterocycles. The number of carboxylic acids is 1. The molecule has 0 aliphatic heterocycles. The first-order valence-corrected chi connectivity index (χ1v) is 3.76. The minimum atomic E-state index is -0.937. The van der Waals surface area contributed by atoms with Crippen LogP contribution in [0.3, 0.4) is 0 Å². The van der Waals surface area contributed by atoms with Crippen LogP contribution in [-0.4, -0.2) is 20.6 Å². The lowest BCUT2D eigenvalue weighted by atomic mass is 10.2. The van der Waals surface area contributed by atoms with Gasteiger partial charge in [0.15, 0.2) is 6.33 Å². The van der Waals surface area contributed by atoms with E-state index in [9.17, 15) is 4.79 Å². The third kappa shape index (κ3) is 1.16. The Balaban J connectivity index is 2.70. The summed E-state index contributed by atoms with van der Waals surface area (Å²) in [7, 11) is 1.82. The van der Waals surface area contributed by atoms with Gasteiger partial charge in [0.05, 0.1) is 16.6 Å². The fraction of sp³-hybridized carbons (Fsp3) is 0.111. The molecule has 4 heteroatoms. The maximum Gasteiger partial charge on any atom is 0.335 e. The summed E-state index contributed by atoms with van der Waals surface area (Å²) in [5, 5.41) is 8.71. The second-order valence-corrected chi connectivity index (χ2v) is 2.78. The fourth-order valence-electron chi connectivity index (χ4n) is 1.21. The Hall–Kier alpha value is -1.84. The summed E-state index contributed by atoms with van der Waals surface area (Å²) in [6, 6.07) is 4.82. The third-order valence-electron chi connectivity index (χ3n) is 1.90. The number of carbonyl (C=O) groups is 1. The number of imidazole rings is 1. The maximum absolute atomic E-state index is 10.6. The van der Waals surface area contributed by atoms with Crippen molar-refractivity contribution in [2.45, 2.75) is 0 Å². The van der Waals surface area contributed by atoms with Crippen LogP contribution in [0, 0.1) is 6.33 Å². The molecule has 4 nitrogen and oxygen atoms in total. The van der Waals surface area contributed by atoms with Crippen LogP contribution in [0.4, 0.5) is 0 Å². The SMILES string of the molecule is Cn1[c]nc2cc(C(=O)O)ccc21. The highest BCUT2D eigenvalue weighted by molar-refractivity contribution is 5.92. The van der Waals surface area contributed by atoms with Crippen molar-refractivity contribution in [3.8, 4) is 0 Å². The second kappa shape index (κ2) is 2.58. The molecule has 1 radical (unpaired) electrons. The molecule has 0 saturated carbocycles. The Morgan fingerprint density at radius 3 is 3.08 bits per heavy atom. The normalized spacial score (nSPS) is 10.5. The molecule has 0 unspecified atom stereocenters. The molecule has 1 aromatic carbocycles. The molecule has 0 saturated heterocycles. The number of rotatable bonds is 1. The largest absolute Gasteiger partial charge is 0.478 e. The number of hydrogen-bond acceptors (Lipinski definition) is 2. The molecule has 0 bridgehead atoms. The van der Waals surface area contributed by atoms with Gasteiger partial charge in [-0.3, -0.25) is 0 Å². The van der Waals surface area contributed by atoms with E-state index in [2.05, 4.69) is 11.3 Å². The zero-order valence-corrected chi connectivity index (χ0v) is 6.98. The number of aromatic carboxylic acids is 1. The highest BCUT2D eigenvalue weighted by Gasteiger charge is 2.05. The van der Waals surface area contributed by atoms with Crippen molar-refractivity contribution >= 4 is 17.0 Å². The number of nitrogens with zero attached hydrogens (tertiary/aromatic N) is 2. The summed E-state index contributed by atoms with van der Waals surface area (Å²) >= 11 is 0. The van der Waals surface area contributed by atoms with E-state index in [4.69, 9.17) is 5.11 Å². The molecule has 1 aromatic heterocycles. The zero-order valence-electron chi connectivity index (χ0n) is 6.98. The van der Waals surface area contributed by atoms with E-state index in [1.807, 2.05) is 7.05 Å². The molecule has 2 aromatic rings. The van der Waals surface area contributed by atoms with Gasteiger partial charge in [0.2, 0.25) is 0 Å². The predicted octanol–water partition coefficient (Wildman–Crippen LogP) is 1.07. The van der Waals surface area contributed by atoms with Crippen molar-refractivity contribution in [1.29, 1.82) is 0 Å². The van der Waals surface area contributed by atoms with Gasteiger partial charge in [0.1, 0.15) is 0 Å². The van der Waals surface area contributed by atoms with Crippen molar-refractivity contribution in [3.05, 3.63) is 30.1 Å². The van der Waals surface area contributed by atoms with Crippen LogP contribution in [0.1, 0.15) is 10.4 Å². The maximum atomic E-state index is 10.6. The van der Waals surface area contributed by atoms with E-state index < -0.39 is 5.97 Å². The lowest BCUT2D eigenvalue weighted by Crippen LogP contribution is -1.95. The van der Waals surface area contributed by atoms with Gasteiger partial charge in [-0.15, -0.1) is 0 Å². The summed E-state index contributed by atoms with van der Waals surface area (Å²) in [6.45, 7) is 0. The smallest absolute Gasteiger partial charge is 0.335 e. The Bertz CT molecular complexity index is 473. The number of fused-ring (bicyclic) bond motifs is 1. The highest BCUT2D eigenvalue weighted by Crippen LogP contribution is 2.13. The average Bonchev–Trinajstić information content (AvgIpc) is 2.47. The van der Waals surface area contributed by atoms with E-state index in [-0.39, 0.29) is 5.56 Å². The van der Waals surface area contributed by atoms with Crippen molar-refractivity contribution in [2.75, 3.05) is 0 Å². The van der Waals surface area contributed by atoms with Gasteiger partial charge >= 0.3 is 5.97 Å². The number of benzene rings is 1. The molecule has 0 aliphatic rings. The van der Waals surface area contributed by atoms with Crippen molar-refractivity contribution in [3.63, 3.8) is 0 Å². The molecule has 0 atom stereocenters. The van der Waals surface area contributed by atoms with Crippen LogP contribution in [-0.2, 0) is 7.05 Å². The Morgan fingerprint density at radius 2 is 2.38 bits per heavy atom. The molecule has 0 spiro atoms. The minimum Gasteiger partial charge on any atom is -0.478 e.